The molecular weight excluding hydrogens is 262 g/mol. The zero-order chi connectivity index (χ0) is 11.0. The number of benzene rings is 1. The summed E-state index contributed by atoms with van der Waals surface area (Å²) in [5.41, 5.74) is 0.328. The fourth-order valence-electron chi connectivity index (χ4n) is 1.09. The molecule has 0 saturated heterocycles. The smallest absolute Gasteiger partial charge is 0.207 e. The van der Waals surface area contributed by atoms with E-state index >= 15 is 0 Å². The number of nitrogens with one attached hydrogen (secondary N) is 1. The standard InChI is InChI=1S/C7H3Cl2FN4S/c8-4-1-3(10)2-5(9)6(4)14-7(15)11-12-13-14/h1-2H,(H,11,13,15). The second kappa shape index (κ2) is 3.88. The van der Waals surface area contributed by atoms with Crippen molar-refractivity contribution in [1.82, 2.24) is 20.2 Å². The molecule has 0 fully saturated rings. The minimum absolute atomic E-state index is 0.127. The van der Waals surface area contributed by atoms with Gasteiger partial charge in [0.2, 0.25) is 4.77 Å². The number of aromatic nitrogens is 4. The molecule has 15 heavy (non-hydrogen) atoms. The Hall–Kier alpha value is -0.980. The van der Waals surface area contributed by atoms with Crippen LogP contribution >= 0.6 is 35.4 Å². The van der Waals surface area contributed by atoms with Crippen LogP contribution in [0.15, 0.2) is 12.1 Å². The highest BCUT2D eigenvalue weighted by Crippen LogP contribution is 2.28. The van der Waals surface area contributed by atoms with Crippen molar-refractivity contribution < 1.29 is 4.39 Å². The van der Waals surface area contributed by atoms with Crippen molar-refractivity contribution in [2.75, 3.05) is 0 Å². The molecule has 8 heteroatoms. The summed E-state index contributed by atoms with van der Waals surface area (Å²) in [7, 11) is 0. The molecular formula is C7H3Cl2FN4S. The van der Waals surface area contributed by atoms with Crippen molar-refractivity contribution in [1.29, 1.82) is 0 Å². The zero-order valence-corrected chi connectivity index (χ0v) is 9.37. The molecule has 2 rings (SSSR count). The van der Waals surface area contributed by atoms with Crippen molar-refractivity contribution in [3.63, 3.8) is 0 Å². The fourth-order valence-corrected chi connectivity index (χ4v) is 1.89. The van der Waals surface area contributed by atoms with Crippen LogP contribution in [0.2, 0.25) is 10.0 Å². The lowest BCUT2D eigenvalue weighted by atomic mass is 10.3. The van der Waals surface area contributed by atoms with Crippen LogP contribution in [-0.2, 0) is 0 Å². The first kappa shape index (κ1) is 10.5. The summed E-state index contributed by atoms with van der Waals surface area (Å²) < 4.78 is 14.4. The number of H-pyrrole nitrogens is 1. The van der Waals surface area contributed by atoms with Gasteiger partial charge in [0.1, 0.15) is 11.5 Å². The van der Waals surface area contributed by atoms with E-state index < -0.39 is 5.82 Å². The number of rotatable bonds is 1. The van der Waals surface area contributed by atoms with Gasteiger partial charge in [-0.15, -0.1) is 0 Å². The Bertz CT molecular complexity index is 541. The van der Waals surface area contributed by atoms with E-state index in [9.17, 15) is 4.39 Å². The summed E-state index contributed by atoms with van der Waals surface area (Å²) in [6, 6.07) is 2.26. The molecule has 0 aliphatic rings. The van der Waals surface area contributed by atoms with E-state index in [4.69, 9.17) is 35.4 Å². The molecule has 1 N–H and O–H groups in total. The Morgan fingerprint density at radius 2 is 1.93 bits per heavy atom. The molecule has 1 heterocycles. The van der Waals surface area contributed by atoms with Gasteiger partial charge in [-0.1, -0.05) is 33.5 Å². The molecule has 0 spiro atoms. The predicted molar refractivity (Wildman–Crippen MR) is 56.5 cm³/mol. The van der Waals surface area contributed by atoms with Crippen LogP contribution in [0, 0.1) is 10.6 Å². The van der Waals surface area contributed by atoms with Gasteiger partial charge in [-0.2, -0.15) is 5.21 Å². The number of nitrogens with zero attached hydrogens (tertiary/aromatic N) is 3. The topological polar surface area (TPSA) is 46.5 Å². The van der Waals surface area contributed by atoms with Gasteiger partial charge in [-0.3, -0.25) is 0 Å². The highest BCUT2D eigenvalue weighted by molar-refractivity contribution is 7.71. The lowest BCUT2D eigenvalue weighted by Crippen LogP contribution is -1.99. The first-order valence-corrected chi connectivity index (χ1v) is 4.91. The van der Waals surface area contributed by atoms with E-state index in [1.807, 2.05) is 0 Å². The van der Waals surface area contributed by atoms with Crippen LogP contribution in [0.3, 0.4) is 0 Å². The van der Waals surface area contributed by atoms with Gasteiger partial charge < -0.3 is 0 Å². The Kier molecular flexibility index (Phi) is 2.72. The summed E-state index contributed by atoms with van der Waals surface area (Å²) in [4.78, 5) is 0. The normalized spacial score (nSPS) is 10.6. The Balaban J connectivity index is 2.74. The summed E-state index contributed by atoms with van der Waals surface area (Å²) in [5.74, 6) is -0.521. The Morgan fingerprint density at radius 1 is 1.33 bits per heavy atom. The zero-order valence-electron chi connectivity index (χ0n) is 7.04. The van der Waals surface area contributed by atoms with Gasteiger partial charge in [-0.25, -0.2) is 9.07 Å². The molecule has 0 amide bonds. The van der Waals surface area contributed by atoms with Crippen LogP contribution < -0.4 is 0 Å². The van der Waals surface area contributed by atoms with Crippen molar-refractivity contribution >= 4 is 35.4 Å². The lowest BCUT2D eigenvalue weighted by molar-refractivity contribution is 0.627. The van der Waals surface area contributed by atoms with E-state index in [1.54, 1.807) is 0 Å². The average Bonchev–Trinajstić information content (AvgIpc) is 2.50. The highest BCUT2D eigenvalue weighted by atomic mass is 35.5. The molecule has 4 nitrogen and oxygen atoms in total. The first-order chi connectivity index (χ1) is 7.09. The van der Waals surface area contributed by atoms with Crippen LogP contribution in [-0.4, -0.2) is 20.2 Å². The summed E-state index contributed by atoms with van der Waals surface area (Å²) in [5, 5.41) is 9.77. The van der Waals surface area contributed by atoms with E-state index in [0.29, 0.717) is 5.69 Å². The van der Waals surface area contributed by atoms with Gasteiger partial charge in [0.05, 0.1) is 10.0 Å². The predicted octanol–water partition coefficient (Wildman–Crippen LogP) is 2.77. The summed E-state index contributed by atoms with van der Waals surface area (Å²) >= 11 is 16.5. The number of tetrazole rings is 1. The van der Waals surface area contributed by atoms with Crippen LogP contribution in [0.1, 0.15) is 0 Å². The van der Waals surface area contributed by atoms with Crippen molar-refractivity contribution in [2.45, 2.75) is 0 Å². The molecule has 0 unspecified atom stereocenters. The summed E-state index contributed by atoms with van der Waals surface area (Å²) in [6.45, 7) is 0. The van der Waals surface area contributed by atoms with Gasteiger partial charge in [0.15, 0.2) is 0 Å². The maximum Gasteiger partial charge on any atom is 0.243 e. The molecule has 0 atom stereocenters. The second-order valence-corrected chi connectivity index (χ2v) is 3.82. The third-order valence-corrected chi connectivity index (χ3v) is 2.52. The molecule has 2 aromatic rings. The first-order valence-electron chi connectivity index (χ1n) is 3.74. The molecule has 78 valence electrons. The number of hydrogen-bond donors (Lipinski definition) is 1. The molecule has 0 aliphatic carbocycles. The van der Waals surface area contributed by atoms with Crippen molar-refractivity contribution in [3.8, 4) is 5.69 Å². The van der Waals surface area contributed by atoms with Gasteiger partial charge in [-0.05, 0) is 24.4 Å². The van der Waals surface area contributed by atoms with Crippen LogP contribution in [0.4, 0.5) is 4.39 Å². The monoisotopic (exact) mass is 264 g/mol. The van der Waals surface area contributed by atoms with E-state index in [0.717, 1.165) is 12.1 Å². The molecule has 1 aromatic heterocycles. The maximum absolute atomic E-state index is 12.9. The molecule has 0 bridgehead atoms. The maximum atomic E-state index is 12.9. The molecule has 1 aromatic carbocycles. The van der Waals surface area contributed by atoms with Crippen LogP contribution in [0.5, 0.6) is 0 Å². The van der Waals surface area contributed by atoms with Crippen molar-refractivity contribution in [3.05, 3.63) is 32.8 Å². The van der Waals surface area contributed by atoms with Crippen molar-refractivity contribution in [2.24, 2.45) is 0 Å². The minimum Gasteiger partial charge on any atom is -0.207 e. The molecule has 0 aliphatic heterocycles. The minimum atomic E-state index is -0.521. The molecule has 0 saturated carbocycles. The van der Waals surface area contributed by atoms with E-state index in [1.165, 1.54) is 4.68 Å². The number of aromatic amines is 1. The third kappa shape index (κ3) is 1.88. The number of hydrogen-bond acceptors (Lipinski definition) is 3. The van der Waals surface area contributed by atoms with E-state index in [2.05, 4.69) is 15.5 Å². The SMILES string of the molecule is Fc1cc(Cl)c(-n2[nH]nnc2=S)c(Cl)c1. The molecule has 0 radical (unpaired) electrons. The number of halogens is 3. The van der Waals surface area contributed by atoms with E-state index in [-0.39, 0.29) is 14.8 Å². The average molecular weight is 265 g/mol. The quantitative estimate of drug-likeness (QED) is 0.806. The van der Waals surface area contributed by atoms with Gasteiger partial charge >= 0.3 is 0 Å². The second-order valence-electron chi connectivity index (χ2n) is 2.64. The van der Waals surface area contributed by atoms with Gasteiger partial charge in [0.25, 0.3) is 0 Å². The van der Waals surface area contributed by atoms with Gasteiger partial charge in [0, 0.05) is 0 Å². The fraction of sp³-hybridized carbons (Fsp3) is 0. The Morgan fingerprint density at radius 3 is 2.40 bits per heavy atom. The largest absolute Gasteiger partial charge is 0.243 e. The summed E-state index contributed by atoms with van der Waals surface area (Å²) in [6.07, 6.45) is 0. The third-order valence-electron chi connectivity index (χ3n) is 1.68. The van der Waals surface area contributed by atoms with Crippen LogP contribution in [0.25, 0.3) is 5.69 Å². The lowest BCUT2D eigenvalue weighted by Gasteiger charge is -2.06. The Labute approximate surface area is 98.6 Å². The highest BCUT2D eigenvalue weighted by Gasteiger charge is 2.12.